The molecule has 3 heterocycles. The molecule has 222 valence electrons. The van der Waals surface area contributed by atoms with Crippen molar-refractivity contribution in [3.05, 3.63) is 75.8 Å². The number of hydrazone groups is 1. The van der Waals surface area contributed by atoms with Gasteiger partial charge in [0.25, 0.3) is 0 Å². The van der Waals surface area contributed by atoms with Gasteiger partial charge in [0.2, 0.25) is 0 Å². The van der Waals surface area contributed by atoms with Crippen LogP contribution in [-0.2, 0) is 20.9 Å². The molecular formula is C31H33Cl2IN4O4. The van der Waals surface area contributed by atoms with Crippen molar-refractivity contribution >= 4 is 57.6 Å². The van der Waals surface area contributed by atoms with E-state index in [4.69, 9.17) is 42.3 Å². The van der Waals surface area contributed by atoms with Gasteiger partial charge in [-0.3, -0.25) is 0 Å². The van der Waals surface area contributed by atoms with Gasteiger partial charge >= 0.3 is 5.97 Å². The fourth-order valence-corrected chi connectivity index (χ4v) is 8.07. The van der Waals surface area contributed by atoms with E-state index in [0.29, 0.717) is 51.0 Å². The summed E-state index contributed by atoms with van der Waals surface area (Å²) >= 11 is 15.7. The first kappa shape index (κ1) is 29.7. The normalized spacial score (nSPS) is 25.7. The zero-order valence-corrected chi connectivity index (χ0v) is 27.3. The van der Waals surface area contributed by atoms with Crippen LogP contribution in [0.25, 0.3) is 11.3 Å². The summed E-state index contributed by atoms with van der Waals surface area (Å²) in [7, 11) is 1.37. The molecule has 3 atom stereocenters. The van der Waals surface area contributed by atoms with E-state index in [0.717, 1.165) is 62.4 Å². The van der Waals surface area contributed by atoms with E-state index in [1.165, 1.54) is 7.11 Å². The lowest BCUT2D eigenvalue weighted by Gasteiger charge is -2.27. The highest BCUT2D eigenvalue weighted by Crippen LogP contribution is 2.50. The molecule has 2 aliphatic heterocycles. The SMILES string of the molecule is C=C1C=CC(C(=O)OC)=CN1/N=C(\CC)N1CC2C[C@H](OCc3c(-c4c(Cl)cccc4Cl)noc3C3CC3)C[C@@]2(I)C1. The number of amidine groups is 1. The summed E-state index contributed by atoms with van der Waals surface area (Å²) in [6, 6.07) is 5.48. The van der Waals surface area contributed by atoms with Crippen molar-refractivity contribution in [3.63, 3.8) is 0 Å². The van der Waals surface area contributed by atoms with Crippen molar-refractivity contribution in [1.82, 2.24) is 15.1 Å². The maximum absolute atomic E-state index is 12.0. The average molecular weight is 723 g/mol. The summed E-state index contributed by atoms with van der Waals surface area (Å²) in [4.78, 5) is 14.4. The van der Waals surface area contributed by atoms with Crippen LogP contribution in [0.15, 0.2) is 64.0 Å². The third-order valence-electron chi connectivity index (χ3n) is 8.51. The molecule has 1 aromatic heterocycles. The second kappa shape index (κ2) is 12.0. The van der Waals surface area contributed by atoms with Gasteiger partial charge in [0.15, 0.2) is 0 Å². The van der Waals surface area contributed by atoms with Gasteiger partial charge in [-0.15, -0.1) is 0 Å². The van der Waals surface area contributed by atoms with Crippen LogP contribution in [-0.4, -0.2) is 56.6 Å². The lowest BCUT2D eigenvalue weighted by molar-refractivity contribution is -0.135. The molecule has 0 N–H and O–H groups in total. The van der Waals surface area contributed by atoms with Gasteiger partial charge in [0, 0.05) is 46.2 Å². The third-order valence-corrected chi connectivity index (χ3v) is 10.8. The second-order valence-electron chi connectivity index (χ2n) is 11.3. The number of benzene rings is 1. The molecule has 2 saturated carbocycles. The summed E-state index contributed by atoms with van der Waals surface area (Å²) in [6.45, 7) is 8.39. The topological polar surface area (TPSA) is 80.4 Å². The van der Waals surface area contributed by atoms with Gasteiger partial charge in [0.05, 0.1) is 41.1 Å². The number of rotatable bonds is 8. The Bertz CT molecular complexity index is 1480. The molecule has 1 unspecified atom stereocenters. The van der Waals surface area contributed by atoms with Crippen molar-refractivity contribution in [2.24, 2.45) is 11.0 Å². The molecule has 42 heavy (non-hydrogen) atoms. The number of aromatic nitrogens is 1. The molecular weight excluding hydrogens is 690 g/mol. The summed E-state index contributed by atoms with van der Waals surface area (Å²) in [5, 5.41) is 12.1. The molecule has 4 aliphatic rings. The van der Waals surface area contributed by atoms with Crippen LogP contribution in [0.1, 0.15) is 56.3 Å². The Morgan fingerprint density at radius 1 is 1.29 bits per heavy atom. The van der Waals surface area contributed by atoms with E-state index in [1.807, 2.05) is 18.2 Å². The van der Waals surface area contributed by atoms with Crippen molar-refractivity contribution in [2.75, 3.05) is 20.2 Å². The predicted octanol–water partition coefficient (Wildman–Crippen LogP) is 7.48. The highest BCUT2D eigenvalue weighted by Gasteiger charge is 2.52. The Morgan fingerprint density at radius 3 is 2.71 bits per heavy atom. The Labute approximate surface area is 269 Å². The summed E-state index contributed by atoms with van der Waals surface area (Å²) < 4.78 is 17.4. The fourth-order valence-electron chi connectivity index (χ4n) is 6.14. The molecule has 3 fully saturated rings. The second-order valence-corrected chi connectivity index (χ2v) is 14.3. The lowest BCUT2D eigenvalue weighted by atomic mass is 10.0. The summed E-state index contributed by atoms with van der Waals surface area (Å²) in [5.74, 6) is 2.32. The minimum atomic E-state index is -0.400. The van der Waals surface area contributed by atoms with Crippen molar-refractivity contribution in [3.8, 4) is 11.3 Å². The third kappa shape index (κ3) is 5.77. The number of carbonyl (C=O) groups excluding carboxylic acids is 1. The molecule has 0 radical (unpaired) electrons. The average Bonchev–Trinajstić information content (AvgIpc) is 3.55. The Hall–Kier alpha value is -2.34. The van der Waals surface area contributed by atoms with E-state index in [1.54, 1.807) is 23.4 Å². The minimum Gasteiger partial charge on any atom is -0.465 e. The van der Waals surface area contributed by atoms with Gasteiger partial charge in [-0.1, -0.05) is 70.5 Å². The number of allylic oxidation sites excluding steroid dienone is 1. The van der Waals surface area contributed by atoms with Gasteiger partial charge in [-0.25, -0.2) is 9.80 Å². The number of likely N-dealkylation sites (tertiary alicyclic amines) is 1. The smallest absolute Gasteiger partial charge is 0.339 e. The van der Waals surface area contributed by atoms with Crippen LogP contribution >= 0.6 is 45.8 Å². The van der Waals surface area contributed by atoms with Crippen LogP contribution in [0.5, 0.6) is 0 Å². The molecule has 0 amide bonds. The Kier molecular flexibility index (Phi) is 8.48. The van der Waals surface area contributed by atoms with Crippen LogP contribution < -0.4 is 0 Å². The number of ether oxygens (including phenoxy) is 2. The maximum Gasteiger partial charge on any atom is 0.339 e. The van der Waals surface area contributed by atoms with Gasteiger partial charge in [-0.2, -0.15) is 5.10 Å². The highest BCUT2D eigenvalue weighted by atomic mass is 127. The van der Waals surface area contributed by atoms with Crippen LogP contribution in [0.2, 0.25) is 10.0 Å². The first-order valence-electron chi connectivity index (χ1n) is 14.2. The summed E-state index contributed by atoms with van der Waals surface area (Å²) in [5.41, 5.74) is 3.48. The fraction of sp³-hybridized carbons (Fsp3) is 0.452. The molecule has 1 aromatic carbocycles. The molecule has 0 spiro atoms. The van der Waals surface area contributed by atoms with Crippen LogP contribution in [0, 0.1) is 5.92 Å². The zero-order valence-electron chi connectivity index (χ0n) is 23.6. The first-order chi connectivity index (χ1) is 20.2. The minimum absolute atomic E-state index is 0.0764. The van der Waals surface area contributed by atoms with Crippen molar-refractivity contribution in [1.29, 1.82) is 0 Å². The van der Waals surface area contributed by atoms with E-state index in [-0.39, 0.29) is 9.53 Å². The van der Waals surface area contributed by atoms with Gasteiger partial charge < -0.3 is 18.9 Å². The molecule has 2 aliphatic carbocycles. The first-order valence-corrected chi connectivity index (χ1v) is 16.1. The van der Waals surface area contributed by atoms with E-state index in [2.05, 4.69) is 46.2 Å². The molecule has 1 saturated heterocycles. The predicted molar refractivity (Wildman–Crippen MR) is 172 cm³/mol. The van der Waals surface area contributed by atoms with E-state index in [9.17, 15) is 4.79 Å². The van der Waals surface area contributed by atoms with Crippen LogP contribution in [0.3, 0.4) is 0 Å². The largest absolute Gasteiger partial charge is 0.465 e. The maximum atomic E-state index is 12.0. The number of carbonyl (C=O) groups is 1. The number of alkyl halides is 1. The Balaban J connectivity index is 1.14. The van der Waals surface area contributed by atoms with Crippen molar-refractivity contribution in [2.45, 2.75) is 61.1 Å². The number of hydrogen-bond donors (Lipinski definition) is 0. The summed E-state index contributed by atoms with van der Waals surface area (Å²) in [6.07, 6.45) is 10.2. The standard InChI is InChI=1S/C31H33Cl2IN4O4/c1-4-26(35-38-14-20(30(39)40-3)9-8-18(38)2)37-15-21-12-22(13-31(21,34)17-37)41-16-23-28(36-42-29(23)19-10-11-19)27-24(32)6-5-7-25(27)33/h5-9,14,19,21-22H,2,4,10-13,15-17H2,1,3H3/b35-26+/t21?,22-,31+/m0/s1. The number of halogens is 3. The van der Waals surface area contributed by atoms with Crippen molar-refractivity contribution < 1.29 is 18.8 Å². The number of methoxy groups -OCH3 is 1. The van der Waals surface area contributed by atoms with Gasteiger partial charge in [0.1, 0.15) is 17.3 Å². The highest BCUT2D eigenvalue weighted by molar-refractivity contribution is 14.1. The molecule has 0 bridgehead atoms. The number of fused-ring (bicyclic) bond motifs is 1. The number of esters is 1. The molecule has 2 aromatic rings. The van der Waals surface area contributed by atoms with E-state index >= 15 is 0 Å². The number of nitrogens with zero attached hydrogens (tertiary/aromatic N) is 4. The molecule has 6 rings (SSSR count). The monoisotopic (exact) mass is 722 g/mol. The quantitative estimate of drug-likeness (QED) is 0.0920. The molecule has 8 nitrogen and oxygen atoms in total. The zero-order chi connectivity index (χ0) is 29.6. The van der Waals surface area contributed by atoms with Crippen LogP contribution in [0.4, 0.5) is 0 Å². The molecule has 11 heteroatoms. The Morgan fingerprint density at radius 2 is 2.05 bits per heavy atom. The number of hydrogen-bond acceptors (Lipinski definition) is 7. The lowest BCUT2D eigenvalue weighted by Crippen LogP contribution is -2.34. The van der Waals surface area contributed by atoms with E-state index < -0.39 is 5.97 Å². The van der Waals surface area contributed by atoms with Gasteiger partial charge in [-0.05, 0) is 55.9 Å².